The Bertz CT molecular complexity index is 1850. The molecule has 0 spiro atoms. The van der Waals surface area contributed by atoms with Crippen LogP contribution < -0.4 is 0 Å². The summed E-state index contributed by atoms with van der Waals surface area (Å²) in [5, 5.41) is 11.7. The molecule has 0 saturated heterocycles. The lowest BCUT2D eigenvalue weighted by Gasteiger charge is -2.34. The zero-order valence-corrected chi connectivity index (χ0v) is 49.8. The van der Waals surface area contributed by atoms with E-state index in [1.165, 1.54) is 39.2 Å². The van der Waals surface area contributed by atoms with Crippen molar-refractivity contribution < 1.29 is 76.4 Å². The number of methoxy groups -OCH3 is 6. The molecule has 0 aromatic rings. The lowest BCUT2D eigenvalue weighted by atomic mass is 9.84. The Kier molecular flexibility index (Phi) is 36.0. The minimum absolute atomic E-state index is 0.0335. The maximum absolute atomic E-state index is 13.6. The minimum Gasteiger partial charge on any atom is -0.462 e. The van der Waals surface area contributed by atoms with Gasteiger partial charge in [-0.15, -0.1) is 0 Å². The van der Waals surface area contributed by atoms with E-state index < -0.39 is 84.5 Å². The van der Waals surface area contributed by atoms with Crippen molar-refractivity contribution in [2.45, 2.75) is 174 Å². The number of ether oxygens (including phenoxy) is 10. The van der Waals surface area contributed by atoms with Gasteiger partial charge in [0.1, 0.15) is 30.5 Å². The van der Waals surface area contributed by atoms with Crippen LogP contribution in [0.15, 0.2) is 60.4 Å². The van der Waals surface area contributed by atoms with E-state index >= 15 is 0 Å². The van der Waals surface area contributed by atoms with Crippen LogP contribution in [-0.4, -0.2) is 183 Å². The SMILES string of the molecule is COC[C@H](OC)C(=O)O[C@H](CC[C@H](C)[C@H](C[C@@H]1C/C=C/[C@H](OC)C[C@H](C)C/C=C(\C)C(OC)CC[C@@H](C)[C@@H](O)[C@H](C)C(OC(=O)[C@H](COC)N(C)C)C/C=C/C=C/C(=O)O1)OC)[C@H](C)[C@H](OC(C)=O)[C@H](C)/C=C/N(C)C=O. The molecule has 0 saturated carbocycles. The fourth-order valence-corrected chi connectivity index (χ4v) is 9.49. The van der Waals surface area contributed by atoms with E-state index in [1.54, 1.807) is 77.9 Å². The molecule has 1 heterocycles. The van der Waals surface area contributed by atoms with E-state index in [0.717, 1.165) is 18.4 Å². The third-order valence-electron chi connectivity index (χ3n) is 14.7. The maximum atomic E-state index is 13.6. The molecular weight excluding hydrogens is 993 g/mol. The molecule has 77 heavy (non-hydrogen) atoms. The van der Waals surface area contributed by atoms with Gasteiger partial charge in [0, 0.05) is 106 Å². The molecule has 0 bridgehead atoms. The van der Waals surface area contributed by atoms with Crippen molar-refractivity contribution in [3.05, 3.63) is 60.4 Å². The zero-order valence-electron chi connectivity index (χ0n) is 49.8. The summed E-state index contributed by atoms with van der Waals surface area (Å²) in [6, 6.07) is -0.653. The first-order valence-corrected chi connectivity index (χ1v) is 27.3. The Hall–Kier alpha value is -4.27. The van der Waals surface area contributed by atoms with E-state index in [9.17, 15) is 29.1 Å². The molecule has 0 radical (unpaired) electrons. The van der Waals surface area contributed by atoms with Crippen molar-refractivity contribution in [3.8, 4) is 0 Å². The van der Waals surface area contributed by atoms with E-state index in [1.807, 2.05) is 46.8 Å². The van der Waals surface area contributed by atoms with Gasteiger partial charge < -0.3 is 57.4 Å². The summed E-state index contributed by atoms with van der Waals surface area (Å²) in [5.74, 6) is -3.56. The number of cyclic esters (lactones) is 1. The number of allylic oxidation sites excluding steroid dienone is 3. The highest BCUT2D eigenvalue weighted by atomic mass is 16.6. The van der Waals surface area contributed by atoms with Crippen molar-refractivity contribution in [1.29, 1.82) is 0 Å². The van der Waals surface area contributed by atoms with Crippen LogP contribution in [0.4, 0.5) is 0 Å². The summed E-state index contributed by atoms with van der Waals surface area (Å²) < 4.78 is 58.2. The van der Waals surface area contributed by atoms with Gasteiger partial charge in [-0.2, -0.15) is 0 Å². The van der Waals surface area contributed by atoms with Gasteiger partial charge in [-0.05, 0) is 82.9 Å². The molecule has 18 nitrogen and oxygen atoms in total. The molecule has 16 atom stereocenters. The molecule has 1 amide bonds. The number of likely N-dealkylation sites (N-methyl/N-ethyl adjacent to an activating group) is 1. The molecule has 1 aliphatic rings. The molecule has 0 fully saturated rings. The average molecular weight is 1090 g/mol. The van der Waals surface area contributed by atoms with Crippen molar-refractivity contribution >= 4 is 30.3 Å². The van der Waals surface area contributed by atoms with Crippen LogP contribution in [-0.2, 0) is 71.3 Å². The van der Waals surface area contributed by atoms with Gasteiger partial charge >= 0.3 is 23.9 Å². The maximum Gasteiger partial charge on any atom is 0.337 e. The molecule has 442 valence electrons. The number of carbonyl (C=O) groups excluding carboxylic acids is 5. The molecule has 1 aliphatic heterocycles. The van der Waals surface area contributed by atoms with E-state index in [2.05, 4.69) is 19.9 Å². The second kappa shape index (κ2) is 39.2. The number of carbonyl (C=O) groups is 5. The molecule has 2 unspecified atom stereocenters. The lowest BCUT2D eigenvalue weighted by Crippen LogP contribution is -2.44. The fraction of sp³-hybridized carbons (Fsp3) is 0.746. The standard InChI is InChI=1S/C59H100N2O16/c1-39-26-27-40(2)50(71-15)30-29-42(4)56(65)44(6)51(76-58(66)49(36-68-12)60(9)10)24-19-18-20-25-55(64)75-48(23-21-22-47(34-39)70-14)35-53(72-16)41(3)28-31-52(77-59(67)54(73-17)37-69-13)45(7)57(74-46(8)63)43(5)32-33-61(11)38-62/h18-22,25,27,32-33,38-39,41-45,47-54,56-57,65H,23-24,26,28-31,34-37H2,1-17H3/b19-18+,22-21+,25-20+,33-32+,40-27+/t39-,41+,42-,43-,44-,45+,47+,48+,49+,50?,51?,52-,53+,54+,56-,57-/m1/s1. The third-order valence-corrected chi connectivity index (χ3v) is 14.7. The Morgan fingerprint density at radius 2 is 1.53 bits per heavy atom. The van der Waals surface area contributed by atoms with Gasteiger partial charge in [-0.1, -0.05) is 84.1 Å². The quantitative estimate of drug-likeness (QED) is 0.0379. The summed E-state index contributed by atoms with van der Waals surface area (Å²) in [5.41, 5.74) is 1.11. The smallest absolute Gasteiger partial charge is 0.337 e. The summed E-state index contributed by atoms with van der Waals surface area (Å²) in [7, 11) is 14.5. The number of hydrogen-bond acceptors (Lipinski definition) is 17. The predicted octanol–water partition coefficient (Wildman–Crippen LogP) is 7.86. The van der Waals surface area contributed by atoms with Gasteiger partial charge in [0.05, 0.1) is 37.6 Å². The average Bonchev–Trinajstić information content (AvgIpc) is 3.39. The van der Waals surface area contributed by atoms with Crippen LogP contribution in [0.5, 0.6) is 0 Å². The minimum atomic E-state index is -0.997. The normalized spacial score (nSPS) is 27.9. The van der Waals surface area contributed by atoms with Crippen LogP contribution in [0.3, 0.4) is 0 Å². The second-order valence-corrected chi connectivity index (χ2v) is 21.2. The van der Waals surface area contributed by atoms with Crippen molar-refractivity contribution in [3.63, 3.8) is 0 Å². The second-order valence-electron chi connectivity index (χ2n) is 21.2. The Morgan fingerprint density at radius 1 is 0.844 bits per heavy atom. The van der Waals surface area contributed by atoms with E-state index in [0.29, 0.717) is 44.9 Å². The zero-order chi connectivity index (χ0) is 58.2. The largest absolute Gasteiger partial charge is 0.462 e. The van der Waals surface area contributed by atoms with Gasteiger partial charge in [-0.3, -0.25) is 19.3 Å². The van der Waals surface area contributed by atoms with Gasteiger partial charge in [0.2, 0.25) is 6.41 Å². The van der Waals surface area contributed by atoms with Crippen molar-refractivity contribution in [1.82, 2.24) is 9.80 Å². The monoisotopic (exact) mass is 1090 g/mol. The van der Waals surface area contributed by atoms with Crippen LogP contribution in [0.2, 0.25) is 0 Å². The van der Waals surface area contributed by atoms with Crippen molar-refractivity contribution in [2.24, 2.45) is 35.5 Å². The van der Waals surface area contributed by atoms with E-state index in [4.69, 9.17) is 47.4 Å². The molecule has 0 aromatic heterocycles. The first-order chi connectivity index (χ1) is 36.5. The van der Waals surface area contributed by atoms with Crippen LogP contribution in [0, 0.1) is 35.5 Å². The lowest BCUT2D eigenvalue weighted by molar-refractivity contribution is -0.173. The Balaban J connectivity index is 3.70. The summed E-state index contributed by atoms with van der Waals surface area (Å²) in [6.45, 7) is 15.3. The van der Waals surface area contributed by atoms with Crippen molar-refractivity contribution in [2.75, 3.05) is 77.0 Å². The van der Waals surface area contributed by atoms with Gasteiger partial charge in [0.25, 0.3) is 0 Å². The molecule has 1 N–H and O–H groups in total. The molecular formula is C59H100N2O16. The highest BCUT2D eigenvalue weighted by Crippen LogP contribution is 2.31. The number of nitrogens with zero attached hydrogens (tertiary/aromatic N) is 2. The van der Waals surface area contributed by atoms with Crippen LogP contribution in [0.1, 0.15) is 113 Å². The Labute approximate surface area is 462 Å². The van der Waals surface area contributed by atoms with E-state index in [-0.39, 0.29) is 55.5 Å². The van der Waals surface area contributed by atoms with Gasteiger partial charge in [-0.25, -0.2) is 9.59 Å². The first kappa shape index (κ1) is 70.7. The number of aliphatic hydroxyl groups excluding tert-OH is 1. The summed E-state index contributed by atoms with van der Waals surface area (Å²) in [4.78, 5) is 67.6. The van der Waals surface area contributed by atoms with Crippen LogP contribution >= 0.6 is 0 Å². The highest BCUT2D eigenvalue weighted by Gasteiger charge is 2.37. The topological polar surface area (TPSA) is 204 Å². The number of hydrogen-bond donors (Lipinski definition) is 1. The summed E-state index contributed by atoms with van der Waals surface area (Å²) in [6.07, 6.45) is 15.9. The van der Waals surface area contributed by atoms with Crippen LogP contribution in [0.25, 0.3) is 0 Å². The molecule has 0 aromatic carbocycles. The Morgan fingerprint density at radius 3 is 2.12 bits per heavy atom. The first-order valence-electron chi connectivity index (χ1n) is 27.3. The molecule has 18 heteroatoms. The number of amides is 1. The number of rotatable bonds is 26. The molecule has 0 aliphatic carbocycles. The number of esters is 4. The fourth-order valence-electron chi connectivity index (χ4n) is 9.49. The van der Waals surface area contributed by atoms with Gasteiger partial charge in [0.15, 0.2) is 6.10 Å². The summed E-state index contributed by atoms with van der Waals surface area (Å²) >= 11 is 0. The third kappa shape index (κ3) is 27.0. The predicted molar refractivity (Wildman–Crippen MR) is 296 cm³/mol. The highest BCUT2D eigenvalue weighted by molar-refractivity contribution is 5.82. The molecule has 1 rings (SSSR count). The number of aliphatic hydroxyl groups is 1.